The number of hydrogen-bond acceptors (Lipinski definition) is 6. The number of halogens is 4. The van der Waals surface area contributed by atoms with Gasteiger partial charge in [0.05, 0.1) is 24.3 Å². The van der Waals surface area contributed by atoms with Crippen molar-refractivity contribution in [2.75, 3.05) is 14.2 Å². The van der Waals surface area contributed by atoms with E-state index in [1.54, 1.807) is 0 Å². The van der Waals surface area contributed by atoms with E-state index in [1.807, 2.05) is 0 Å². The quantitative estimate of drug-likeness (QED) is 0.554. The molecular weight excluding hydrogens is 402 g/mol. The van der Waals surface area contributed by atoms with Crippen LogP contribution in [0.3, 0.4) is 0 Å². The van der Waals surface area contributed by atoms with Crippen molar-refractivity contribution >= 4 is 58.3 Å². The lowest BCUT2D eigenvalue weighted by molar-refractivity contribution is 0.0591. The van der Waals surface area contributed by atoms with Gasteiger partial charge >= 0.3 is 11.9 Å². The van der Waals surface area contributed by atoms with Crippen LogP contribution in [0.15, 0.2) is 12.4 Å². The van der Waals surface area contributed by atoms with E-state index in [1.165, 1.54) is 26.6 Å². The summed E-state index contributed by atoms with van der Waals surface area (Å²) in [6, 6.07) is 0. The summed E-state index contributed by atoms with van der Waals surface area (Å²) in [4.78, 5) is 31.4. The maximum absolute atomic E-state index is 11.8. The van der Waals surface area contributed by atoms with Crippen LogP contribution in [0.25, 0.3) is 11.1 Å². The molecule has 0 aliphatic carbocycles. The first-order chi connectivity index (χ1) is 11.3. The number of esters is 2. The molecule has 6 nitrogen and oxygen atoms in total. The van der Waals surface area contributed by atoms with Crippen LogP contribution < -0.4 is 0 Å². The van der Waals surface area contributed by atoms with Gasteiger partial charge in [0, 0.05) is 23.5 Å². The predicted molar refractivity (Wildman–Crippen MR) is 90.2 cm³/mol. The van der Waals surface area contributed by atoms with E-state index in [-0.39, 0.29) is 42.6 Å². The van der Waals surface area contributed by atoms with Gasteiger partial charge in [-0.2, -0.15) is 0 Å². The zero-order valence-electron chi connectivity index (χ0n) is 12.2. The van der Waals surface area contributed by atoms with Crippen LogP contribution in [0, 0.1) is 0 Å². The summed E-state index contributed by atoms with van der Waals surface area (Å²) in [5.41, 5.74) is 0.175. The zero-order chi connectivity index (χ0) is 18.0. The second-order valence-electron chi connectivity index (χ2n) is 4.29. The Morgan fingerprint density at radius 1 is 0.792 bits per heavy atom. The van der Waals surface area contributed by atoms with Crippen molar-refractivity contribution < 1.29 is 19.1 Å². The fourth-order valence-electron chi connectivity index (χ4n) is 1.86. The molecule has 0 saturated carbocycles. The number of pyridine rings is 2. The van der Waals surface area contributed by atoms with Gasteiger partial charge in [-0.15, -0.1) is 0 Å². The van der Waals surface area contributed by atoms with Crippen LogP contribution in [0.5, 0.6) is 0 Å². The number of rotatable bonds is 3. The van der Waals surface area contributed by atoms with E-state index in [0.29, 0.717) is 0 Å². The summed E-state index contributed by atoms with van der Waals surface area (Å²) in [6.45, 7) is 0. The molecule has 2 rings (SSSR count). The smallest absolute Gasteiger partial charge is 0.342 e. The maximum atomic E-state index is 11.8. The Morgan fingerprint density at radius 3 is 1.42 bits per heavy atom. The maximum Gasteiger partial charge on any atom is 0.342 e. The Bertz CT molecular complexity index is 773. The number of carbonyl (C=O) groups is 2. The van der Waals surface area contributed by atoms with Crippen LogP contribution in [0.1, 0.15) is 20.7 Å². The first-order valence-corrected chi connectivity index (χ1v) is 7.69. The molecule has 2 aromatic heterocycles. The standard InChI is InChI=1S/C14H8Cl4N2O4/c1-23-13(21)7-9(15)5(3-19-11(7)17)6-4-20-12(18)8(10(6)16)14(22)24-2/h3-4H,1-2H3. The number of ether oxygens (including phenoxy) is 2. The van der Waals surface area contributed by atoms with Gasteiger partial charge < -0.3 is 9.47 Å². The van der Waals surface area contributed by atoms with Crippen LogP contribution in [0.2, 0.25) is 20.4 Å². The highest BCUT2D eigenvalue weighted by Crippen LogP contribution is 2.39. The van der Waals surface area contributed by atoms with Crippen molar-refractivity contribution in [1.82, 2.24) is 9.97 Å². The molecule has 0 aliphatic heterocycles. The van der Waals surface area contributed by atoms with Crippen LogP contribution >= 0.6 is 46.4 Å². The first kappa shape index (κ1) is 18.7. The number of methoxy groups -OCH3 is 2. The molecule has 24 heavy (non-hydrogen) atoms. The van der Waals surface area contributed by atoms with Crippen LogP contribution in [-0.4, -0.2) is 36.1 Å². The molecule has 126 valence electrons. The molecule has 0 aromatic carbocycles. The summed E-state index contributed by atoms with van der Waals surface area (Å²) in [7, 11) is 2.35. The third-order valence-corrected chi connectivity index (χ3v) is 4.37. The summed E-state index contributed by atoms with van der Waals surface area (Å²) >= 11 is 24.3. The molecule has 0 saturated heterocycles. The summed E-state index contributed by atoms with van der Waals surface area (Å²) < 4.78 is 9.25. The van der Waals surface area contributed by atoms with Crippen molar-refractivity contribution in [2.24, 2.45) is 0 Å². The second-order valence-corrected chi connectivity index (χ2v) is 5.76. The van der Waals surface area contributed by atoms with Gasteiger partial charge in [-0.25, -0.2) is 19.6 Å². The fourth-order valence-corrected chi connectivity index (χ4v) is 3.03. The highest BCUT2D eigenvalue weighted by atomic mass is 35.5. The molecular formula is C14H8Cl4N2O4. The third-order valence-electron chi connectivity index (χ3n) is 3.01. The molecule has 0 radical (unpaired) electrons. The average molecular weight is 410 g/mol. The SMILES string of the molecule is COC(=O)c1c(Cl)ncc(-c2cnc(Cl)c(C(=O)OC)c2Cl)c1Cl. The average Bonchev–Trinajstić information content (AvgIpc) is 2.55. The second kappa shape index (κ2) is 7.53. The number of nitrogens with zero attached hydrogens (tertiary/aromatic N) is 2. The van der Waals surface area contributed by atoms with Crippen molar-refractivity contribution in [3.05, 3.63) is 43.9 Å². The van der Waals surface area contributed by atoms with E-state index in [9.17, 15) is 9.59 Å². The van der Waals surface area contributed by atoms with E-state index < -0.39 is 11.9 Å². The van der Waals surface area contributed by atoms with E-state index in [2.05, 4.69) is 19.4 Å². The van der Waals surface area contributed by atoms with Gasteiger partial charge in [0.1, 0.15) is 21.4 Å². The lowest BCUT2D eigenvalue weighted by atomic mass is 10.1. The highest BCUT2D eigenvalue weighted by molar-refractivity contribution is 6.43. The Morgan fingerprint density at radius 2 is 1.12 bits per heavy atom. The highest BCUT2D eigenvalue weighted by Gasteiger charge is 2.25. The molecule has 2 heterocycles. The topological polar surface area (TPSA) is 78.4 Å². The van der Waals surface area contributed by atoms with Gasteiger partial charge in [0.25, 0.3) is 0 Å². The largest absolute Gasteiger partial charge is 0.465 e. The molecule has 0 bridgehead atoms. The molecule has 2 aromatic rings. The van der Waals surface area contributed by atoms with E-state index in [4.69, 9.17) is 46.4 Å². The summed E-state index contributed by atoms with van der Waals surface area (Å²) in [6.07, 6.45) is 2.57. The predicted octanol–water partition coefficient (Wildman–Crippen LogP) is 4.33. The van der Waals surface area contributed by atoms with Gasteiger partial charge in [-0.1, -0.05) is 46.4 Å². The Kier molecular flexibility index (Phi) is 5.87. The number of aromatic nitrogens is 2. The Hall–Kier alpha value is -1.60. The minimum absolute atomic E-state index is 0.0521. The van der Waals surface area contributed by atoms with Crippen molar-refractivity contribution in [1.29, 1.82) is 0 Å². The minimum Gasteiger partial charge on any atom is -0.465 e. The molecule has 0 amide bonds. The normalized spacial score (nSPS) is 10.4. The van der Waals surface area contributed by atoms with Gasteiger partial charge in [-0.3, -0.25) is 0 Å². The fraction of sp³-hybridized carbons (Fsp3) is 0.143. The van der Waals surface area contributed by atoms with E-state index in [0.717, 1.165) is 0 Å². The first-order valence-electron chi connectivity index (χ1n) is 6.18. The summed E-state index contributed by atoms with van der Waals surface area (Å²) in [5, 5.41) is -0.379. The third kappa shape index (κ3) is 3.28. The number of carbonyl (C=O) groups excluding carboxylic acids is 2. The lowest BCUT2D eigenvalue weighted by Crippen LogP contribution is -2.07. The molecule has 0 atom stereocenters. The Balaban J connectivity index is 2.75. The summed E-state index contributed by atoms with van der Waals surface area (Å²) in [5.74, 6) is -1.55. The lowest BCUT2D eigenvalue weighted by Gasteiger charge is -2.13. The molecule has 0 N–H and O–H groups in total. The van der Waals surface area contributed by atoms with Gasteiger partial charge in [-0.05, 0) is 0 Å². The van der Waals surface area contributed by atoms with Gasteiger partial charge in [0.15, 0.2) is 0 Å². The molecule has 0 spiro atoms. The van der Waals surface area contributed by atoms with Gasteiger partial charge in [0.2, 0.25) is 0 Å². The number of hydrogen-bond donors (Lipinski definition) is 0. The molecule has 0 fully saturated rings. The molecule has 0 aliphatic rings. The van der Waals surface area contributed by atoms with E-state index >= 15 is 0 Å². The van der Waals surface area contributed by atoms with Crippen molar-refractivity contribution in [2.45, 2.75) is 0 Å². The molecule has 0 unspecified atom stereocenters. The van der Waals surface area contributed by atoms with Crippen molar-refractivity contribution in [3.63, 3.8) is 0 Å². The minimum atomic E-state index is -0.773. The zero-order valence-corrected chi connectivity index (χ0v) is 15.2. The van der Waals surface area contributed by atoms with Crippen LogP contribution in [-0.2, 0) is 9.47 Å². The monoisotopic (exact) mass is 408 g/mol. The van der Waals surface area contributed by atoms with Crippen LogP contribution in [0.4, 0.5) is 0 Å². The Labute approximate surface area is 156 Å². The molecule has 10 heteroatoms. The van der Waals surface area contributed by atoms with Crippen molar-refractivity contribution in [3.8, 4) is 11.1 Å².